The molecule has 0 aliphatic carbocycles. The molecule has 176 valence electrons. The van der Waals surface area contributed by atoms with Gasteiger partial charge in [0.1, 0.15) is 23.6 Å². The third-order valence-electron chi connectivity index (χ3n) is 6.45. The van der Waals surface area contributed by atoms with E-state index in [4.69, 9.17) is 5.73 Å². The van der Waals surface area contributed by atoms with Crippen LogP contribution in [0, 0.1) is 0 Å². The molecule has 4 heterocycles. The molecule has 5 rings (SSSR count). The largest absolute Gasteiger partial charge is 0.383 e. The van der Waals surface area contributed by atoms with Crippen LogP contribution < -0.4 is 11.1 Å². The number of nitrogen functional groups attached to an aromatic ring is 1. The number of hydrogen-bond acceptors (Lipinski definition) is 6. The second-order valence-corrected chi connectivity index (χ2v) is 8.50. The smallest absolute Gasteiger partial charge is 0.256 e. The Morgan fingerprint density at radius 1 is 1.14 bits per heavy atom. The normalized spacial score (nSPS) is 15.3. The minimum atomic E-state index is -0.245. The van der Waals surface area contributed by atoms with Crippen molar-refractivity contribution in [2.75, 3.05) is 24.1 Å². The molecule has 0 radical (unpaired) electrons. The number of rotatable bonds is 5. The summed E-state index contributed by atoms with van der Waals surface area (Å²) in [7, 11) is 1.96. The maximum absolute atomic E-state index is 12.7. The van der Waals surface area contributed by atoms with Gasteiger partial charge in [0, 0.05) is 49.1 Å². The molecule has 3 N–H and O–H groups in total. The van der Waals surface area contributed by atoms with Crippen molar-refractivity contribution in [3.05, 3.63) is 78.9 Å². The number of pyridine rings is 1. The highest BCUT2D eigenvalue weighted by molar-refractivity contribution is 6.05. The Kier molecular flexibility index (Phi) is 5.74. The molecule has 1 unspecified atom stereocenters. The predicted octanol–water partition coefficient (Wildman–Crippen LogP) is 3.37. The van der Waals surface area contributed by atoms with Crippen LogP contribution in [0.25, 0.3) is 22.2 Å². The summed E-state index contributed by atoms with van der Waals surface area (Å²) in [5.41, 5.74) is 10.4. The third-order valence-corrected chi connectivity index (χ3v) is 6.45. The lowest BCUT2D eigenvalue weighted by Gasteiger charge is -2.17. The van der Waals surface area contributed by atoms with Gasteiger partial charge in [0.05, 0.1) is 5.39 Å². The van der Waals surface area contributed by atoms with Gasteiger partial charge in [-0.15, -0.1) is 0 Å². The van der Waals surface area contributed by atoms with Gasteiger partial charge in [-0.1, -0.05) is 24.8 Å². The minimum Gasteiger partial charge on any atom is -0.383 e. The monoisotopic (exact) mass is 467 g/mol. The van der Waals surface area contributed by atoms with Crippen LogP contribution >= 0.6 is 0 Å². The molecule has 0 saturated carbocycles. The lowest BCUT2D eigenvalue weighted by Crippen LogP contribution is -2.26. The Morgan fingerprint density at radius 3 is 2.66 bits per heavy atom. The second-order valence-electron chi connectivity index (χ2n) is 8.50. The molecule has 3 aromatic heterocycles. The average molecular weight is 468 g/mol. The standard InChI is InChI=1S/C26H25N7O2/c1-3-20(34)33-13-11-18(14-33)23-21(22-24(27)29-15-30-25(22)32(23)2)16-7-9-17(10-8-16)26(35)31-19-6-4-5-12-28-19/h3-10,12,15,18H,1,11,13-14H2,2H3,(H2,27,29,30)(H,28,31,35). The molecule has 1 aromatic carbocycles. The Bertz CT molecular complexity index is 1430. The van der Waals surface area contributed by atoms with Gasteiger partial charge in [0.25, 0.3) is 5.91 Å². The number of nitrogens with one attached hydrogen (secondary N) is 1. The Hall–Kier alpha value is -4.53. The van der Waals surface area contributed by atoms with E-state index < -0.39 is 0 Å². The van der Waals surface area contributed by atoms with Crippen LogP contribution in [0.4, 0.5) is 11.6 Å². The van der Waals surface area contributed by atoms with Crippen molar-refractivity contribution >= 4 is 34.5 Å². The Balaban J connectivity index is 1.54. The molecular formula is C26H25N7O2. The Morgan fingerprint density at radius 2 is 1.94 bits per heavy atom. The summed E-state index contributed by atoms with van der Waals surface area (Å²) < 4.78 is 2.04. The molecule has 1 atom stereocenters. The summed E-state index contributed by atoms with van der Waals surface area (Å²) in [6, 6.07) is 12.7. The maximum Gasteiger partial charge on any atom is 0.256 e. The molecule has 1 fully saturated rings. The van der Waals surface area contributed by atoms with Gasteiger partial charge in [-0.3, -0.25) is 9.59 Å². The molecule has 2 amide bonds. The maximum atomic E-state index is 12.7. The topological polar surface area (TPSA) is 119 Å². The van der Waals surface area contributed by atoms with Gasteiger partial charge in [0.2, 0.25) is 5.91 Å². The summed E-state index contributed by atoms with van der Waals surface area (Å²) in [6.45, 7) is 4.85. The number of hydrogen-bond donors (Lipinski definition) is 2. The van der Waals surface area contributed by atoms with E-state index in [1.165, 1.54) is 12.4 Å². The lowest BCUT2D eigenvalue weighted by molar-refractivity contribution is -0.125. The first-order valence-corrected chi connectivity index (χ1v) is 11.3. The van der Waals surface area contributed by atoms with E-state index in [-0.39, 0.29) is 17.7 Å². The van der Waals surface area contributed by atoms with Crippen molar-refractivity contribution in [3.63, 3.8) is 0 Å². The zero-order chi connectivity index (χ0) is 24.5. The van der Waals surface area contributed by atoms with Gasteiger partial charge >= 0.3 is 0 Å². The van der Waals surface area contributed by atoms with Gasteiger partial charge in [-0.25, -0.2) is 15.0 Å². The van der Waals surface area contributed by atoms with Crippen LogP contribution in [0.2, 0.25) is 0 Å². The van der Waals surface area contributed by atoms with E-state index in [1.807, 2.05) is 29.8 Å². The highest BCUT2D eigenvalue weighted by Gasteiger charge is 2.32. The summed E-state index contributed by atoms with van der Waals surface area (Å²) >= 11 is 0. The van der Waals surface area contributed by atoms with Crippen LogP contribution in [0.3, 0.4) is 0 Å². The van der Waals surface area contributed by atoms with E-state index in [1.54, 1.807) is 35.4 Å². The fourth-order valence-electron chi connectivity index (χ4n) is 4.79. The fraction of sp³-hybridized carbons (Fsp3) is 0.192. The van der Waals surface area contributed by atoms with Crippen LogP contribution in [0.5, 0.6) is 0 Å². The highest BCUT2D eigenvalue weighted by Crippen LogP contribution is 2.42. The summed E-state index contributed by atoms with van der Waals surface area (Å²) in [5, 5.41) is 3.57. The first-order valence-electron chi connectivity index (χ1n) is 11.3. The number of carbonyl (C=O) groups excluding carboxylic acids is 2. The molecule has 1 aliphatic heterocycles. The fourth-order valence-corrected chi connectivity index (χ4v) is 4.79. The lowest BCUT2D eigenvalue weighted by atomic mass is 9.94. The molecule has 35 heavy (non-hydrogen) atoms. The van der Waals surface area contributed by atoms with Gasteiger partial charge in [0.15, 0.2) is 0 Å². The van der Waals surface area contributed by atoms with Crippen molar-refractivity contribution < 1.29 is 9.59 Å². The molecule has 1 saturated heterocycles. The van der Waals surface area contributed by atoms with E-state index in [2.05, 4.69) is 26.8 Å². The number of anilines is 2. The number of likely N-dealkylation sites (tertiary alicyclic amines) is 1. The molecule has 9 heteroatoms. The highest BCUT2D eigenvalue weighted by atomic mass is 16.2. The van der Waals surface area contributed by atoms with E-state index >= 15 is 0 Å². The van der Waals surface area contributed by atoms with E-state index in [9.17, 15) is 9.59 Å². The van der Waals surface area contributed by atoms with Crippen molar-refractivity contribution in [1.29, 1.82) is 0 Å². The molecule has 0 spiro atoms. The van der Waals surface area contributed by atoms with Crippen molar-refractivity contribution in [2.45, 2.75) is 12.3 Å². The van der Waals surface area contributed by atoms with E-state index in [0.717, 1.165) is 34.3 Å². The predicted molar refractivity (Wildman–Crippen MR) is 135 cm³/mol. The number of amides is 2. The molecule has 0 bridgehead atoms. The Labute approximate surface area is 202 Å². The van der Waals surface area contributed by atoms with Gasteiger partial charge in [-0.05, 0) is 42.3 Å². The molecule has 1 aliphatic rings. The first-order chi connectivity index (χ1) is 17.0. The van der Waals surface area contributed by atoms with Crippen LogP contribution in [0.1, 0.15) is 28.4 Å². The zero-order valence-electron chi connectivity index (χ0n) is 19.3. The summed E-state index contributed by atoms with van der Waals surface area (Å²) in [4.78, 5) is 39.6. The quantitative estimate of drug-likeness (QED) is 0.435. The number of aryl methyl sites for hydroxylation is 1. The van der Waals surface area contributed by atoms with Gasteiger partial charge in [-0.2, -0.15) is 0 Å². The van der Waals surface area contributed by atoms with Crippen LogP contribution in [-0.2, 0) is 11.8 Å². The van der Waals surface area contributed by atoms with Crippen LogP contribution in [-0.4, -0.2) is 49.3 Å². The van der Waals surface area contributed by atoms with Crippen molar-refractivity contribution in [1.82, 2.24) is 24.4 Å². The van der Waals surface area contributed by atoms with Gasteiger partial charge < -0.3 is 20.5 Å². The number of nitrogens with two attached hydrogens (primary N) is 1. The SMILES string of the molecule is C=CC(=O)N1CCC(c2c(-c3ccc(C(=O)Nc4ccccn4)cc3)c3c(N)ncnc3n2C)C1. The summed E-state index contributed by atoms with van der Waals surface area (Å²) in [6.07, 6.45) is 5.25. The number of aromatic nitrogens is 4. The van der Waals surface area contributed by atoms with Crippen LogP contribution in [0.15, 0.2) is 67.6 Å². The number of nitrogens with zero attached hydrogens (tertiary/aromatic N) is 5. The van der Waals surface area contributed by atoms with Crippen molar-refractivity contribution in [3.8, 4) is 11.1 Å². The summed E-state index contributed by atoms with van der Waals surface area (Å²) in [5.74, 6) is 0.657. The minimum absolute atomic E-state index is 0.0737. The first kappa shape index (κ1) is 22.3. The molecule has 9 nitrogen and oxygen atoms in total. The molecular weight excluding hydrogens is 442 g/mol. The number of fused-ring (bicyclic) bond motifs is 1. The number of benzene rings is 1. The van der Waals surface area contributed by atoms with Crippen molar-refractivity contribution in [2.24, 2.45) is 7.05 Å². The molecule has 4 aromatic rings. The second kappa shape index (κ2) is 9.02. The zero-order valence-corrected chi connectivity index (χ0v) is 19.3. The number of carbonyl (C=O) groups is 2. The van der Waals surface area contributed by atoms with E-state index in [0.29, 0.717) is 30.3 Å². The average Bonchev–Trinajstić information content (AvgIpc) is 3.48. The third kappa shape index (κ3) is 4.01.